The van der Waals surface area contributed by atoms with Gasteiger partial charge < -0.3 is 4.90 Å². The van der Waals surface area contributed by atoms with Gasteiger partial charge in [-0.25, -0.2) is 0 Å². The lowest BCUT2D eigenvalue weighted by molar-refractivity contribution is -0.122. The number of hydrogen-bond donors (Lipinski definition) is 0. The Morgan fingerprint density at radius 3 is 1.76 bits per heavy atom. The summed E-state index contributed by atoms with van der Waals surface area (Å²) in [5, 5.41) is 0. The number of fused-ring (bicyclic) bond motifs is 1. The van der Waals surface area contributed by atoms with Crippen LogP contribution in [0.15, 0.2) is 35.4 Å². The number of carbonyl (C=O) groups excluding carboxylic acids is 2. The number of imide groups is 1. The van der Waals surface area contributed by atoms with Gasteiger partial charge in [0, 0.05) is 18.8 Å². The Morgan fingerprint density at radius 1 is 0.760 bits per heavy atom. The third-order valence-corrected chi connectivity index (χ3v) is 6.17. The maximum Gasteiger partial charge on any atom is 0.238 e. The zero-order valence-electron chi connectivity index (χ0n) is 15.1. The second-order valence-electron chi connectivity index (χ2n) is 7.76. The summed E-state index contributed by atoms with van der Waals surface area (Å²) in [5.74, 6) is -0.379. The van der Waals surface area contributed by atoms with E-state index in [1.807, 2.05) is 12.1 Å². The minimum Gasteiger partial charge on any atom is -0.372 e. The van der Waals surface area contributed by atoms with Gasteiger partial charge in [0.15, 0.2) is 0 Å². The smallest absolute Gasteiger partial charge is 0.238 e. The largest absolute Gasteiger partial charge is 0.372 e. The summed E-state index contributed by atoms with van der Waals surface area (Å²) < 4.78 is 0. The molecule has 0 radical (unpaired) electrons. The first-order chi connectivity index (χ1) is 12.1. The van der Waals surface area contributed by atoms with Gasteiger partial charge in [0.1, 0.15) is 0 Å². The predicted octanol–water partition coefficient (Wildman–Crippen LogP) is 3.91. The van der Waals surface area contributed by atoms with Gasteiger partial charge in [-0.3, -0.25) is 14.5 Å². The van der Waals surface area contributed by atoms with Crippen molar-refractivity contribution in [2.45, 2.75) is 46.0 Å². The van der Waals surface area contributed by atoms with E-state index in [1.54, 1.807) is 0 Å². The molecule has 4 rings (SSSR count). The van der Waals surface area contributed by atoms with Crippen LogP contribution in [0.5, 0.6) is 0 Å². The Balaban J connectivity index is 1.56. The van der Waals surface area contributed by atoms with Crippen molar-refractivity contribution in [2.24, 2.45) is 11.8 Å². The van der Waals surface area contributed by atoms with Crippen LogP contribution >= 0.6 is 0 Å². The van der Waals surface area contributed by atoms with E-state index in [-0.39, 0.29) is 23.7 Å². The van der Waals surface area contributed by atoms with Crippen molar-refractivity contribution in [3.05, 3.63) is 35.4 Å². The molecule has 0 unspecified atom stereocenters. The maximum atomic E-state index is 12.9. The molecular weight excluding hydrogens is 312 g/mol. The lowest BCUT2D eigenvalue weighted by Crippen LogP contribution is -2.31. The van der Waals surface area contributed by atoms with Crippen molar-refractivity contribution in [3.8, 4) is 0 Å². The van der Waals surface area contributed by atoms with Crippen molar-refractivity contribution in [2.75, 3.05) is 22.9 Å². The Labute approximate surface area is 149 Å². The van der Waals surface area contributed by atoms with Gasteiger partial charge in [-0.05, 0) is 70.2 Å². The quantitative estimate of drug-likeness (QED) is 0.606. The number of hydrogen-bond acceptors (Lipinski definition) is 3. The lowest BCUT2D eigenvalue weighted by atomic mass is 9.78. The van der Waals surface area contributed by atoms with Crippen molar-refractivity contribution in [1.82, 2.24) is 0 Å². The fourth-order valence-electron chi connectivity index (χ4n) is 4.47. The van der Waals surface area contributed by atoms with Crippen LogP contribution in [0.25, 0.3) is 0 Å². The number of anilines is 2. The van der Waals surface area contributed by atoms with E-state index in [2.05, 4.69) is 30.9 Å². The zero-order valence-corrected chi connectivity index (χ0v) is 15.1. The van der Waals surface area contributed by atoms with Gasteiger partial charge in [0.25, 0.3) is 0 Å². The Kier molecular flexibility index (Phi) is 4.14. The number of allylic oxidation sites excluding steroid dienone is 2. The Morgan fingerprint density at radius 2 is 1.24 bits per heavy atom. The molecule has 0 saturated carbocycles. The SMILES string of the molecule is CC1=C(C)C[C@@H]2C(=O)N(c3ccc(N4CCCCC4)cc3)C(=O)[C@H]2C1. The molecule has 0 N–H and O–H groups in total. The summed E-state index contributed by atoms with van der Waals surface area (Å²) in [5.41, 5.74) is 4.45. The first kappa shape index (κ1) is 16.4. The van der Waals surface area contributed by atoms with Crippen LogP contribution in [-0.4, -0.2) is 24.9 Å². The highest BCUT2D eigenvalue weighted by molar-refractivity contribution is 6.22. The summed E-state index contributed by atoms with van der Waals surface area (Å²) in [4.78, 5) is 29.5. The molecule has 2 saturated heterocycles. The molecule has 1 aliphatic carbocycles. The molecule has 2 aliphatic heterocycles. The Bertz CT molecular complexity index is 697. The molecule has 0 aromatic heterocycles. The van der Waals surface area contributed by atoms with Crippen molar-refractivity contribution < 1.29 is 9.59 Å². The first-order valence-corrected chi connectivity index (χ1v) is 9.44. The highest BCUT2D eigenvalue weighted by atomic mass is 16.2. The molecule has 1 aromatic rings. The summed E-state index contributed by atoms with van der Waals surface area (Å²) in [6.45, 7) is 6.35. The number of amides is 2. The topological polar surface area (TPSA) is 40.6 Å². The molecule has 25 heavy (non-hydrogen) atoms. The number of rotatable bonds is 2. The summed E-state index contributed by atoms with van der Waals surface area (Å²) in [6.07, 6.45) is 5.23. The van der Waals surface area contributed by atoms with E-state index in [0.717, 1.165) is 31.6 Å². The average molecular weight is 338 g/mol. The molecule has 4 nitrogen and oxygen atoms in total. The van der Waals surface area contributed by atoms with Gasteiger partial charge in [0.05, 0.1) is 17.5 Å². The van der Waals surface area contributed by atoms with Crippen LogP contribution in [0.1, 0.15) is 46.0 Å². The van der Waals surface area contributed by atoms with E-state index in [9.17, 15) is 9.59 Å². The molecule has 1 aromatic carbocycles. The highest BCUT2D eigenvalue weighted by Crippen LogP contribution is 2.42. The number of piperidine rings is 1. The summed E-state index contributed by atoms with van der Waals surface area (Å²) in [6, 6.07) is 7.98. The van der Waals surface area contributed by atoms with Crippen LogP contribution in [0, 0.1) is 11.8 Å². The highest BCUT2D eigenvalue weighted by Gasteiger charge is 2.49. The van der Waals surface area contributed by atoms with Crippen LogP contribution in [-0.2, 0) is 9.59 Å². The normalized spacial score (nSPS) is 27.1. The van der Waals surface area contributed by atoms with E-state index >= 15 is 0 Å². The molecule has 2 fully saturated rings. The number of benzene rings is 1. The van der Waals surface area contributed by atoms with Gasteiger partial charge in [-0.2, -0.15) is 0 Å². The average Bonchev–Trinajstić information content (AvgIpc) is 2.87. The minimum atomic E-state index is -0.169. The lowest BCUT2D eigenvalue weighted by Gasteiger charge is -2.29. The molecule has 2 atom stereocenters. The standard InChI is InChI=1S/C21H26N2O2/c1-14-12-18-19(13-15(14)2)21(25)23(20(18)24)17-8-6-16(7-9-17)22-10-4-3-5-11-22/h6-9,18-19H,3-5,10-13H2,1-2H3/t18-,19-/m0/s1. The maximum absolute atomic E-state index is 12.9. The fraction of sp³-hybridized carbons (Fsp3) is 0.524. The predicted molar refractivity (Wildman–Crippen MR) is 99.6 cm³/mol. The molecular formula is C21H26N2O2. The van der Waals surface area contributed by atoms with Crippen LogP contribution < -0.4 is 9.80 Å². The molecule has 2 heterocycles. The van der Waals surface area contributed by atoms with Crippen molar-refractivity contribution in [3.63, 3.8) is 0 Å². The molecule has 0 spiro atoms. The first-order valence-electron chi connectivity index (χ1n) is 9.44. The van der Waals surface area contributed by atoms with Crippen LogP contribution in [0.2, 0.25) is 0 Å². The monoisotopic (exact) mass is 338 g/mol. The van der Waals surface area contributed by atoms with Gasteiger partial charge in [-0.1, -0.05) is 11.1 Å². The Hall–Kier alpha value is -2.10. The molecule has 4 heteroatoms. The molecule has 132 valence electrons. The van der Waals surface area contributed by atoms with E-state index in [4.69, 9.17) is 0 Å². The number of nitrogens with zero attached hydrogens (tertiary/aromatic N) is 2. The summed E-state index contributed by atoms with van der Waals surface area (Å²) in [7, 11) is 0. The van der Waals surface area contributed by atoms with E-state index in [0.29, 0.717) is 0 Å². The zero-order chi connectivity index (χ0) is 17.6. The van der Waals surface area contributed by atoms with Crippen molar-refractivity contribution >= 4 is 23.2 Å². The van der Waals surface area contributed by atoms with Crippen LogP contribution in [0.4, 0.5) is 11.4 Å². The van der Waals surface area contributed by atoms with Crippen LogP contribution in [0.3, 0.4) is 0 Å². The third kappa shape index (κ3) is 2.78. The molecule has 3 aliphatic rings. The van der Waals surface area contributed by atoms with Gasteiger partial charge in [0.2, 0.25) is 11.8 Å². The molecule has 0 bridgehead atoms. The van der Waals surface area contributed by atoms with Gasteiger partial charge in [-0.15, -0.1) is 0 Å². The van der Waals surface area contributed by atoms with Gasteiger partial charge >= 0.3 is 0 Å². The number of carbonyl (C=O) groups is 2. The fourth-order valence-corrected chi connectivity index (χ4v) is 4.47. The summed E-state index contributed by atoms with van der Waals surface area (Å²) >= 11 is 0. The van der Waals surface area contributed by atoms with E-state index in [1.165, 1.54) is 41.0 Å². The van der Waals surface area contributed by atoms with E-state index < -0.39 is 0 Å². The third-order valence-electron chi connectivity index (χ3n) is 6.17. The second kappa shape index (κ2) is 6.32. The second-order valence-corrected chi connectivity index (χ2v) is 7.76. The van der Waals surface area contributed by atoms with Crippen molar-refractivity contribution in [1.29, 1.82) is 0 Å². The minimum absolute atomic E-state index is 0.0208. The molecule has 2 amide bonds.